The van der Waals surface area contributed by atoms with Crippen LogP contribution in [0.3, 0.4) is 0 Å². The number of para-hydroxylation sites is 2. The van der Waals surface area contributed by atoms with Gasteiger partial charge in [0, 0.05) is 12.8 Å². The minimum absolute atomic E-state index is 0.120. The van der Waals surface area contributed by atoms with Gasteiger partial charge in [-0.25, -0.2) is 0 Å². The molecule has 2 atom stereocenters. The minimum Gasteiger partial charge on any atom is -0.257 e. The molecule has 48 heavy (non-hydrogen) atoms. The van der Waals surface area contributed by atoms with Gasteiger partial charge in [0.1, 0.15) is 0 Å². The van der Waals surface area contributed by atoms with E-state index in [0.29, 0.717) is 0 Å². The van der Waals surface area contributed by atoms with Crippen molar-refractivity contribution in [1.29, 1.82) is 0 Å². The zero-order valence-corrected chi connectivity index (χ0v) is 29.1. The third kappa shape index (κ3) is 6.44. The summed E-state index contributed by atoms with van der Waals surface area (Å²) >= 11 is 0. The van der Waals surface area contributed by atoms with Crippen molar-refractivity contribution < 1.29 is 0 Å². The summed E-state index contributed by atoms with van der Waals surface area (Å²) in [5.41, 5.74) is 12.2. The largest absolute Gasteiger partial charge is 0.257 e. The molecule has 0 aromatic heterocycles. The van der Waals surface area contributed by atoms with E-state index in [4.69, 9.17) is 10.2 Å². The van der Waals surface area contributed by atoms with Crippen LogP contribution in [0.15, 0.2) is 144 Å². The van der Waals surface area contributed by atoms with Gasteiger partial charge in [0.05, 0.1) is 34.9 Å². The van der Waals surface area contributed by atoms with Crippen molar-refractivity contribution in [2.45, 2.75) is 77.3 Å². The van der Waals surface area contributed by atoms with Crippen molar-refractivity contribution in [1.82, 2.24) is 0 Å². The van der Waals surface area contributed by atoms with E-state index in [1.54, 1.807) is 0 Å². The molecule has 0 bridgehead atoms. The molecule has 5 aromatic carbocycles. The average molecular weight is 631 g/mol. The Morgan fingerprint density at radius 2 is 0.771 bits per heavy atom. The van der Waals surface area contributed by atoms with Crippen LogP contribution in [0.2, 0.25) is 0 Å². The molecule has 2 aliphatic rings. The Morgan fingerprint density at radius 3 is 1.08 bits per heavy atom. The van der Waals surface area contributed by atoms with Crippen molar-refractivity contribution in [2.24, 2.45) is 10.2 Å². The molecular weight excluding hydrogens is 585 g/mol. The molecule has 0 fully saturated rings. The van der Waals surface area contributed by atoms with Gasteiger partial charge < -0.3 is 0 Å². The number of benzene rings is 5. The van der Waals surface area contributed by atoms with Crippen LogP contribution >= 0.6 is 0 Å². The molecule has 2 unspecified atom stereocenters. The van der Waals surface area contributed by atoms with Gasteiger partial charge in [-0.05, 0) is 68.5 Å². The lowest BCUT2D eigenvalue weighted by Crippen LogP contribution is -2.19. The average Bonchev–Trinajstić information content (AvgIpc) is 3.75. The summed E-state index contributed by atoms with van der Waals surface area (Å²) < 4.78 is 0. The fraction of sp³-hybridized carbons (Fsp3) is 0.273. The highest BCUT2D eigenvalue weighted by Gasteiger charge is 2.32. The molecule has 4 heteroatoms. The number of hydrogen-bond donors (Lipinski definition) is 0. The van der Waals surface area contributed by atoms with Crippen LogP contribution < -0.4 is 10.0 Å². The predicted octanol–water partition coefficient (Wildman–Crippen LogP) is 11.0. The molecule has 0 saturated heterocycles. The Hall–Kier alpha value is -4.96. The number of hydrogen-bond acceptors (Lipinski definition) is 4. The lowest BCUT2D eigenvalue weighted by Gasteiger charge is -2.25. The summed E-state index contributed by atoms with van der Waals surface area (Å²) in [6.45, 7) is 13.6. The second kappa shape index (κ2) is 12.6. The molecule has 0 radical (unpaired) electrons. The van der Waals surface area contributed by atoms with Crippen LogP contribution in [-0.2, 0) is 10.8 Å². The van der Waals surface area contributed by atoms with Crippen molar-refractivity contribution >= 4 is 22.8 Å². The summed E-state index contributed by atoms with van der Waals surface area (Å²) in [6.07, 6.45) is 1.69. The number of nitrogens with zero attached hydrogens (tertiary/aromatic N) is 4. The molecular formula is C44H46N4. The van der Waals surface area contributed by atoms with Crippen molar-refractivity contribution in [3.63, 3.8) is 0 Å². The first-order valence-corrected chi connectivity index (χ1v) is 17.2. The monoisotopic (exact) mass is 630 g/mol. The first kappa shape index (κ1) is 31.6. The predicted molar refractivity (Wildman–Crippen MR) is 202 cm³/mol. The first-order chi connectivity index (χ1) is 23.0. The maximum atomic E-state index is 5.22. The van der Waals surface area contributed by atoms with Crippen molar-refractivity contribution in [2.75, 3.05) is 10.0 Å². The zero-order chi connectivity index (χ0) is 33.5. The molecule has 5 aromatic rings. The maximum absolute atomic E-state index is 5.22. The zero-order valence-electron chi connectivity index (χ0n) is 29.1. The fourth-order valence-electron chi connectivity index (χ4n) is 6.79. The Balaban J connectivity index is 1.16. The molecule has 0 saturated carbocycles. The van der Waals surface area contributed by atoms with E-state index < -0.39 is 0 Å². The second-order valence-electron chi connectivity index (χ2n) is 15.2. The second-order valence-corrected chi connectivity index (χ2v) is 15.2. The number of rotatable bonds is 6. The molecule has 4 nitrogen and oxygen atoms in total. The van der Waals surface area contributed by atoms with E-state index in [9.17, 15) is 0 Å². The molecule has 2 aliphatic heterocycles. The Kier molecular flexibility index (Phi) is 8.29. The van der Waals surface area contributed by atoms with Gasteiger partial charge >= 0.3 is 0 Å². The third-order valence-electron chi connectivity index (χ3n) is 9.74. The summed E-state index contributed by atoms with van der Waals surface area (Å²) in [7, 11) is 0. The van der Waals surface area contributed by atoms with Gasteiger partial charge in [0.15, 0.2) is 0 Å². The van der Waals surface area contributed by atoms with E-state index in [-0.39, 0.29) is 22.9 Å². The third-order valence-corrected chi connectivity index (χ3v) is 9.74. The van der Waals surface area contributed by atoms with Crippen LogP contribution in [-0.4, -0.2) is 11.4 Å². The summed E-state index contributed by atoms with van der Waals surface area (Å²) in [4.78, 5) is 0. The molecule has 0 spiro atoms. The van der Waals surface area contributed by atoms with Crippen LogP contribution in [0, 0.1) is 0 Å². The van der Waals surface area contributed by atoms with Crippen molar-refractivity contribution in [3.8, 4) is 0 Å². The first-order valence-electron chi connectivity index (χ1n) is 17.2. The fourth-order valence-corrected chi connectivity index (χ4v) is 6.79. The van der Waals surface area contributed by atoms with Crippen LogP contribution in [0.5, 0.6) is 0 Å². The molecule has 2 heterocycles. The van der Waals surface area contributed by atoms with Gasteiger partial charge in [0.25, 0.3) is 0 Å². The summed E-state index contributed by atoms with van der Waals surface area (Å²) in [5.74, 6) is 0. The molecule has 0 N–H and O–H groups in total. The van der Waals surface area contributed by atoms with Crippen molar-refractivity contribution in [3.05, 3.63) is 167 Å². The van der Waals surface area contributed by atoms with Crippen LogP contribution in [0.25, 0.3) is 0 Å². The minimum atomic E-state index is 0.120. The van der Waals surface area contributed by atoms with Gasteiger partial charge in [-0.3, -0.25) is 10.0 Å². The van der Waals surface area contributed by atoms with E-state index in [2.05, 4.69) is 185 Å². The normalized spacial score (nSPS) is 18.2. The SMILES string of the molecule is CC(C)(C)c1ccc(C2CC(c3ccc(C4=NN(c5ccccc5)C(c5ccc(C(C)(C)C)cc5)C4)cc3)=NN2c2ccccc2)cc1. The highest BCUT2D eigenvalue weighted by molar-refractivity contribution is 6.06. The number of hydrazone groups is 2. The molecule has 7 rings (SSSR count). The maximum Gasteiger partial charge on any atom is 0.0831 e. The highest BCUT2D eigenvalue weighted by atomic mass is 15.5. The molecule has 0 aliphatic carbocycles. The standard InChI is InChI=1S/C44H46N4/c1-43(2,3)35-25-21-33(22-26-35)41-29-39(45-47(41)37-13-9-7-10-14-37)31-17-19-32(20-18-31)40-30-42(48(46-40)38-15-11-8-12-16-38)34-23-27-36(28-24-34)44(4,5)6/h7-28,41-42H,29-30H2,1-6H3. The van der Waals surface area contributed by atoms with Crippen LogP contribution in [0.4, 0.5) is 11.4 Å². The summed E-state index contributed by atoms with van der Waals surface area (Å²) in [5, 5.41) is 14.8. The quantitative estimate of drug-likeness (QED) is 0.187. The van der Waals surface area contributed by atoms with E-state index >= 15 is 0 Å². The van der Waals surface area contributed by atoms with Gasteiger partial charge in [-0.15, -0.1) is 0 Å². The Labute approximate surface area is 286 Å². The Bertz CT molecular complexity index is 1770. The van der Waals surface area contributed by atoms with Gasteiger partial charge in [-0.2, -0.15) is 10.2 Å². The Morgan fingerprint density at radius 1 is 0.438 bits per heavy atom. The van der Waals surface area contributed by atoms with Gasteiger partial charge in [0.2, 0.25) is 0 Å². The molecule has 0 amide bonds. The van der Waals surface area contributed by atoms with E-state index in [1.807, 2.05) is 0 Å². The topological polar surface area (TPSA) is 31.2 Å². The lowest BCUT2D eigenvalue weighted by atomic mass is 9.85. The highest BCUT2D eigenvalue weighted by Crippen LogP contribution is 2.39. The van der Waals surface area contributed by atoms with Crippen LogP contribution in [0.1, 0.15) is 99.8 Å². The lowest BCUT2D eigenvalue weighted by molar-refractivity contribution is 0.589. The van der Waals surface area contributed by atoms with Gasteiger partial charge in [-0.1, -0.05) is 151 Å². The van der Waals surface area contributed by atoms with E-state index in [1.165, 1.54) is 22.3 Å². The number of anilines is 2. The van der Waals surface area contributed by atoms with E-state index in [0.717, 1.165) is 46.8 Å². The smallest absolute Gasteiger partial charge is 0.0831 e. The molecule has 242 valence electrons. The summed E-state index contributed by atoms with van der Waals surface area (Å²) in [6, 6.07) is 48.5.